The fourth-order valence-corrected chi connectivity index (χ4v) is 3.19. The molecule has 1 aliphatic heterocycles. The highest BCUT2D eigenvalue weighted by atomic mass is 15.2. The zero-order valence-electron chi connectivity index (χ0n) is 11.0. The van der Waals surface area contributed by atoms with Gasteiger partial charge in [0.15, 0.2) is 0 Å². The number of nitrogens with one attached hydrogen (secondary N) is 1. The molecule has 2 aliphatic rings. The maximum absolute atomic E-state index is 3.75. The van der Waals surface area contributed by atoms with Crippen LogP contribution in [0.4, 0.5) is 0 Å². The van der Waals surface area contributed by atoms with Gasteiger partial charge < -0.3 is 5.32 Å². The minimum absolute atomic E-state index is 0.733. The second-order valence-corrected chi connectivity index (χ2v) is 5.80. The molecule has 1 aliphatic carbocycles. The van der Waals surface area contributed by atoms with E-state index in [0.29, 0.717) is 0 Å². The van der Waals surface area contributed by atoms with Crippen molar-refractivity contribution in [3.63, 3.8) is 0 Å². The highest BCUT2D eigenvalue weighted by Crippen LogP contribution is 2.21. The van der Waals surface area contributed by atoms with Gasteiger partial charge in [-0.1, -0.05) is 26.2 Å². The van der Waals surface area contributed by atoms with E-state index in [1.54, 1.807) is 0 Å². The Labute approximate surface area is 101 Å². The molecule has 0 aromatic heterocycles. The Morgan fingerprint density at radius 3 is 2.62 bits per heavy atom. The summed E-state index contributed by atoms with van der Waals surface area (Å²) in [5.74, 6) is 0.967. The largest absolute Gasteiger partial charge is 0.312 e. The van der Waals surface area contributed by atoms with Gasteiger partial charge in [-0.15, -0.1) is 0 Å². The van der Waals surface area contributed by atoms with E-state index in [-0.39, 0.29) is 0 Å². The van der Waals surface area contributed by atoms with Gasteiger partial charge in [-0.05, 0) is 38.6 Å². The Kier molecular flexibility index (Phi) is 4.66. The topological polar surface area (TPSA) is 15.3 Å². The third-order valence-electron chi connectivity index (χ3n) is 4.58. The summed E-state index contributed by atoms with van der Waals surface area (Å²) in [6.07, 6.45) is 8.47. The second-order valence-electron chi connectivity index (χ2n) is 5.80. The molecule has 0 aromatic carbocycles. The molecule has 0 radical (unpaired) electrons. The van der Waals surface area contributed by atoms with Crippen molar-refractivity contribution in [2.45, 2.75) is 64.5 Å². The van der Waals surface area contributed by atoms with Crippen molar-refractivity contribution in [2.24, 2.45) is 5.92 Å². The van der Waals surface area contributed by atoms with E-state index in [0.717, 1.165) is 18.0 Å². The molecule has 2 nitrogen and oxygen atoms in total. The summed E-state index contributed by atoms with van der Waals surface area (Å²) in [6, 6.07) is 1.56. The van der Waals surface area contributed by atoms with Gasteiger partial charge in [-0.2, -0.15) is 0 Å². The van der Waals surface area contributed by atoms with Crippen LogP contribution in [-0.2, 0) is 0 Å². The third-order valence-corrected chi connectivity index (χ3v) is 4.58. The van der Waals surface area contributed by atoms with Gasteiger partial charge in [0, 0.05) is 25.2 Å². The first kappa shape index (κ1) is 12.4. The van der Waals surface area contributed by atoms with Crippen LogP contribution in [0.3, 0.4) is 0 Å². The van der Waals surface area contributed by atoms with E-state index in [9.17, 15) is 0 Å². The van der Waals surface area contributed by atoms with Gasteiger partial charge in [0.1, 0.15) is 0 Å². The molecule has 0 aromatic rings. The van der Waals surface area contributed by atoms with Crippen LogP contribution >= 0.6 is 0 Å². The molecule has 16 heavy (non-hydrogen) atoms. The van der Waals surface area contributed by atoms with Crippen LogP contribution < -0.4 is 5.32 Å². The van der Waals surface area contributed by atoms with Crippen LogP contribution in [0, 0.1) is 5.92 Å². The predicted octanol–water partition coefficient (Wildman–Crippen LogP) is 2.64. The first-order valence-corrected chi connectivity index (χ1v) is 7.27. The number of hydrogen-bond donors (Lipinski definition) is 1. The standard InChI is InChI=1S/C14H28N2/c1-3-13-8-9-16(11-13)12(2)10-15-14-6-4-5-7-14/h12-15H,3-11H2,1-2H3. The molecule has 2 fully saturated rings. The summed E-state index contributed by atoms with van der Waals surface area (Å²) < 4.78 is 0. The Hall–Kier alpha value is -0.0800. The summed E-state index contributed by atoms with van der Waals surface area (Å²) >= 11 is 0. The summed E-state index contributed by atoms with van der Waals surface area (Å²) in [6.45, 7) is 8.58. The summed E-state index contributed by atoms with van der Waals surface area (Å²) in [5.41, 5.74) is 0. The lowest BCUT2D eigenvalue weighted by atomic mass is 10.1. The molecule has 94 valence electrons. The molecule has 2 heteroatoms. The quantitative estimate of drug-likeness (QED) is 0.772. The van der Waals surface area contributed by atoms with Gasteiger partial charge >= 0.3 is 0 Å². The lowest BCUT2D eigenvalue weighted by molar-refractivity contribution is 0.236. The number of rotatable bonds is 5. The molecule has 1 saturated carbocycles. The Balaban J connectivity index is 1.65. The normalized spacial score (nSPS) is 30.0. The zero-order chi connectivity index (χ0) is 11.4. The fraction of sp³-hybridized carbons (Fsp3) is 1.00. The van der Waals surface area contributed by atoms with Crippen LogP contribution in [0.15, 0.2) is 0 Å². The predicted molar refractivity (Wildman–Crippen MR) is 69.7 cm³/mol. The van der Waals surface area contributed by atoms with Crippen molar-refractivity contribution in [1.29, 1.82) is 0 Å². The molecule has 2 unspecified atom stereocenters. The minimum Gasteiger partial charge on any atom is -0.312 e. The van der Waals surface area contributed by atoms with E-state index in [4.69, 9.17) is 0 Å². The first-order chi connectivity index (χ1) is 7.79. The number of nitrogens with zero attached hydrogens (tertiary/aromatic N) is 1. The average Bonchev–Trinajstić information content (AvgIpc) is 2.96. The van der Waals surface area contributed by atoms with Gasteiger partial charge in [-0.25, -0.2) is 0 Å². The van der Waals surface area contributed by atoms with E-state index < -0.39 is 0 Å². The van der Waals surface area contributed by atoms with E-state index in [1.165, 1.54) is 58.2 Å². The van der Waals surface area contributed by atoms with Crippen molar-refractivity contribution < 1.29 is 0 Å². The molecule has 0 spiro atoms. The van der Waals surface area contributed by atoms with E-state index in [2.05, 4.69) is 24.1 Å². The molecule has 1 saturated heterocycles. The van der Waals surface area contributed by atoms with Crippen molar-refractivity contribution >= 4 is 0 Å². The van der Waals surface area contributed by atoms with E-state index in [1.807, 2.05) is 0 Å². The van der Waals surface area contributed by atoms with Crippen molar-refractivity contribution in [3.8, 4) is 0 Å². The van der Waals surface area contributed by atoms with Crippen molar-refractivity contribution in [1.82, 2.24) is 10.2 Å². The average molecular weight is 224 g/mol. The minimum atomic E-state index is 0.733. The molecule has 0 amide bonds. The first-order valence-electron chi connectivity index (χ1n) is 7.27. The second kappa shape index (κ2) is 6.02. The molecule has 1 N–H and O–H groups in total. The molecular weight excluding hydrogens is 196 g/mol. The van der Waals surface area contributed by atoms with E-state index >= 15 is 0 Å². The molecule has 2 rings (SSSR count). The molecular formula is C14H28N2. The highest BCUT2D eigenvalue weighted by Gasteiger charge is 2.25. The number of likely N-dealkylation sites (tertiary alicyclic amines) is 1. The summed E-state index contributed by atoms with van der Waals surface area (Å²) in [4.78, 5) is 2.68. The monoisotopic (exact) mass is 224 g/mol. The van der Waals surface area contributed by atoms with Gasteiger partial charge in [-0.3, -0.25) is 4.90 Å². The van der Waals surface area contributed by atoms with Crippen LogP contribution in [0.2, 0.25) is 0 Å². The maximum atomic E-state index is 3.75. The molecule has 1 heterocycles. The third kappa shape index (κ3) is 3.21. The summed E-state index contributed by atoms with van der Waals surface area (Å²) in [7, 11) is 0. The van der Waals surface area contributed by atoms with Gasteiger partial charge in [0.2, 0.25) is 0 Å². The SMILES string of the molecule is CCC1CCN(C(C)CNC2CCCC2)C1. The number of hydrogen-bond acceptors (Lipinski definition) is 2. The van der Waals surface area contributed by atoms with Crippen LogP contribution in [0.5, 0.6) is 0 Å². The van der Waals surface area contributed by atoms with Gasteiger partial charge in [0.05, 0.1) is 0 Å². The summed E-state index contributed by atoms with van der Waals surface area (Å²) in [5, 5.41) is 3.75. The Morgan fingerprint density at radius 1 is 1.25 bits per heavy atom. The van der Waals surface area contributed by atoms with Crippen LogP contribution in [0.1, 0.15) is 52.4 Å². The maximum Gasteiger partial charge on any atom is 0.0192 e. The van der Waals surface area contributed by atoms with Gasteiger partial charge in [0.25, 0.3) is 0 Å². The molecule has 2 atom stereocenters. The Bertz CT molecular complexity index is 199. The lowest BCUT2D eigenvalue weighted by Crippen LogP contribution is -2.41. The smallest absolute Gasteiger partial charge is 0.0192 e. The lowest BCUT2D eigenvalue weighted by Gasteiger charge is -2.26. The Morgan fingerprint density at radius 2 is 2.00 bits per heavy atom. The van der Waals surface area contributed by atoms with Crippen LogP contribution in [0.25, 0.3) is 0 Å². The highest BCUT2D eigenvalue weighted by molar-refractivity contribution is 4.82. The molecule has 0 bridgehead atoms. The fourth-order valence-electron chi connectivity index (χ4n) is 3.19. The van der Waals surface area contributed by atoms with Crippen molar-refractivity contribution in [2.75, 3.05) is 19.6 Å². The van der Waals surface area contributed by atoms with Crippen molar-refractivity contribution in [3.05, 3.63) is 0 Å². The zero-order valence-corrected chi connectivity index (χ0v) is 11.0. The van der Waals surface area contributed by atoms with Crippen LogP contribution in [-0.4, -0.2) is 36.6 Å².